The Kier molecular flexibility index (Phi) is 6.44. The largest absolute Gasteiger partial charge is 0.466 e. The highest BCUT2D eigenvalue weighted by Gasteiger charge is 2.12. The van der Waals surface area contributed by atoms with Gasteiger partial charge in [0.25, 0.3) is 0 Å². The molecule has 0 bridgehead atoms. The molecule has 0 spiro atoms. The molecular formula is C15H22O3. The lowest BCUT2D eigenvalue weighted by Crippen LogP contribution is -2.12. The number of benzene rings is 1. The van der Waals surface area contributed by atoms with E-state index in [0.717, 1.165) is 12.0 Å². The molecule has 1 unspecified atom stereocenters. The van der Waals surface area contributed by atoms with Gasteiger partial charge in [0.15, 0.2) is 0 Å². The van der Waals surface area contributed by atoms with E-state index in [2.05, 4.69) is 6.07 Å². The lowest BCUT2D eigenvalue weighted by Gasteiger charge is -2.13. The number of aliphatic hydroxyl groups is 1. The minimum Gasteiger partial charge on any atom is -0.466 e. The van der Waals surface area contributed by atoms with Gasteiger partial charge in [-0.05, 0) is 36.8 Å². The third kappa shape index (κ3) is 4.88. The van der Waals surface area contributed by atoms with Crippen LogP contribution in [0.4, 0.5) is 0 Å². The van der Waals surface area contributed by atoms with Crippen LogP contribution in [0.25, 0.3) is 0 Å². The van der Waals surface area contributed by atoms with Gasteiger partial charge in [0, 0.05) is 13.0 Å². The molecule has 3 heteroatoms. The van der Waals surface area contributed by atoms with E-state index in [1.54, 1.807) is 0 Å². The third-order valence-electron chi connectivity index (χ3n) is 2.89. The van der Waals surface area contributed by atoms with Crippen molar-refractivity contribution in [3.05, 3.63) is 35.4 Å². The molecule has 100 valence electrons. The molecule has 1 rings (SSSR count). The van der Waals surface area contributed by atoms with Crippen LogP contribution >= 0.6 is 0 Å². The minimum absolute atomic E-state index is 0.135. The van der Waals surface area contributed by atoms with Gasteiger partial charge >= 0.3 is 5.97 Å². The molecule has 18 heavy (non-hydrogen) atoms. The Hall–Kier alpha value is -1.35. The number of carbonyl (C=O) groups excluding carboxylic acids is 1. The van der Waals surface area contributed by atoms with E-state index >= 15 is 0 Å². The molecule has 0 fully saturated rings. The van der Waals surface area contributed by atoms with Crippen LogP contribution in [0, 0.1) is 5.92 Å². The van der Waals surface area contributed by atoms with Crippen molar-refractivity contribution in [2.24, 2.45) is 5.92 Å². The molecule has 0 heterocycles. The van der Waals surface area contributed by atoms with Crippen molar-refractivity contribution in [3.8, 4) is 0 Å². The first-order valence-corrected chi connectivity index (χ1v) is 6.50. The van der Waals surface area contributed by atoms with Crippen molar-refractivity contribution in [1.82, 2.24) is 0 Å². The summed E-state index contributed by atoms with van der Waals surface area (Å²) in [6.45, 7) is 4.46. The third-order valence-corrected chi connectivity index (χ3v) is 2.89. The van der Waals surface area contributed by atoms with Crippen LogP contribution in [0.5, 0.6) is 0 Å². The zero-order valence-electron chi connectivity index (χ0n) is 11.2. The van der Waals surface area contributed by atoms with E-state index in [0.29, 0.717) is 19.4 Å². The molecule has 1 atom stereocenters. The fourth-order valence-electron chi connectivity index (χ4n) is 2.07. The second-order valence-corrected chi connectivity index (χ2v) is 4.56. The van der Waals surface area contributed by atoms with Crippen LogP contribution in [0.1, 0.15) is 31.4 Å². The Morgan fingerprint density at radius 1 is 1.33 bits per heavy atom. The molecule has 0 aliphatic carbocycles. The van der Waals surface area contributed by atoms with Gasteiger partial charge in [-0.25, -0.2) is 0 Å². The predicted octanol–water partition coefficient (Wildman–Crippen LogP) is 2.35. The summed E-state index contributed by atoms with van der Waals surface area (Å²) in [4.78, 5) is 11.4. The fraction of sp³-hybridized carbons (Fsp3) is 0.533. The Balaban J connectivity index is 2.58. The zero-order chi connectivity index (χ0) is 13.4. The van der Waals surface area contributed by atoms with Gasteiger partial charge in [0.2, 0.25) is 0 Å². The van der Waals surface area contributed by atoms with Gasteiger partial charge in [-0.15, -0.1) is 0 Å². The van der Waals surface area contributed by atoms with Crippen LogP contribution in [-0.4, -0.2) is 24.3 Å². The van der Waals surface area contributed by atoms with Gasteiger partial charge in [-0.1, -0.05) is 31.2 Å². The minimum atomic E-state index is -0.135. The summed E-state index contributed by atoms with van der Waals surface area (Å²) >= 11 is 0. The first-order chi connectivity index (χ1) is 8.67. The molecule has 0 aromatic heterocycles. The highest BCUT2D eigenvalue weighted by Crippen LogP contribution is 2.17. The molecule has 0 radical (unpaired) electrons. The number of hydrogen-bond donors (Lipinski definition) is 1. The summed E-state index contributed by atoms with van der Waals surface area (Å²) in [5.41, 5.74) is 2.37. The first-order valence-electron chi connectivity index (χ1n) is 6.50. The maximum atomic E-state index is 11.4. The first kappa shape index (κ1) is 14.7. The van der Waals surface area contributed by atoms with E-state index in [1.807, 2.05) is 32.0 Å². The van der Waals surface area contributed by atoms with Crippen molar-refractivity contribution in [2.75, 3.05) is 13.2 Å². The number of aliphatic hydroxyl groups excluding tert-OH is 1. The zero-order valence-corrected chi connectivity index (χ0v) is 11.2. The second kappa shape index (κ2) is 7.88. The maximum absolute atomic E-state index is 11.4. The molecule has 3 nitrogen and oxygen atoms in total. The monoisotopic (exact) mass is 250 g/mol. The molecular weight excluding hydrogens is 228 g/mol. The van der Waals surface area contributed by atoms with Gasteiger partial charge in [-0.3, -0.25) is 4.79 Å². The van der Waals surface area contributed by atoms with E-state index in [9.17, 15) is 4.79 Å². The van der Waals surface area contributed by atoms with Gasteiger partial charge in [0.05, 0.1) is 6.61 Å². The average molecular weight is 250 g/mol. The van der Waals surface area contributed by atoms with Gasteiger partial charge in [-0.2, -0.15) is 0 Å². The number of hydrogen-bond acceptors (Lipinski definition) is 3. The van der Waals surface area contributed by atoms with Crippen molar-refractivity contribution in [1.29, 1.82) is 0 Å². The molecule has 0 amide bonds. The lowest BCUT2D eigenvalue weighted by atomic mass is 9.93. The molecule has 0 aliphatic rings. The summed E-state index contributed by atoms with van der Waals surface area (Å²) in [5.74, 6) is 0.119. The molecule has 0 aliphatic heterocycles. The van der Waals surface area contributed by atoms with Crippen LogP contribution in [0.3, 0.4) is 0 Å². The van der Waals surface area contributed by atoms with Crippen LogP contribution in [0.2, 0.25) is 0 Å². The highest BCUT2D eigenvalue weighted by molar-refractivity contribution is 5.69. The molecule has 0 saturated carbocycles. The second-order valence-electron chi connectivity index (χ2n) is 4.56. The van der Waals surface area contributed by atoms with Crippen LogP contribution in [0.15, 0.2) is 24.3 Å². The summed E-state index contributed by atoms with van der Waals surface area (Å²) in [6.07, 6.45) is 1.96. The van der Waals surface area contributed by atoms with Crippen molar-refractivity contribution < 1.29 is 14.6 Å². The van der Waals surface area contributed by atoms with Crippen molar-refractivity contribution in [3.63, 3.8) is 0 Å². The quantitative estimate of drug-likeness (QED) is 0.756. The van der Waals surface area contributed by atoms with Crippen LogP contribution in [-0.2, 0) is 22.4 Å². The lowest BCUT2D eigenvalue weighted by molar-refractivity contribution is -0.144. The smallest absolute Gasteiger partial charge is 0.306 e. The van der Waals surface area contributed by atoms with E-state index in [-0.39, 0.29) is 18.5 Å². The van der Waals surface area contributed by atoms with Crippen molar-refractivity contribution in [2.45, 2.75) is 33.1 Å². The van der Waals surface area contributed by atoms with E-state index < -0.39 is 0 Å². The average Bonchev–Trinajstić information content (AvgIpc) is 2.32. The van der Waals surface area contributed by atoms with E-state index in [4.69, 9.17) is 9.84 Å². The normalized spacial score (nSPS) is 12.2. The number of carbonyl (C=O) groups is 1. The van der Waals surface area contributed by atoms with Crippen LogP contribution < -0.4 is 0 Å². The Morgan fingerprint density at radius 2 is 2.00 bits per heavy atom. The standard InChI is InChI=1S/C15H22O3/c1-3-18-15(17)11-12(2)10-14-7-5-4-6-13(14)8-9-16/h4-7,12,16H,3,8-11H2,1-2H3. The summed E-state index contributed by atoms with van der Waals surface area (Å²) < 4.78 is 4.95. The Labute approximate surface area is 109 Å². The summed E-state index contributed by atoms with van der Waals surface area (Å²) in [6, 6.07) is 8.06. The molecule has 1 N–H and O–H groups in total. The molecule has 1 aromatic rings. The highest BCUT2D eigenvalue weighted by atomic mass is 16.5. The predicted molar refractivity (Wildman–Crippen MR) is 71.3 cm³/mol. The molecule has 1 aromatic carbocycles. The topological polar surface area (TPSA) is 46.5 Å². The SMILES string of the molecule is CCOC(=O)CC(C)Cc1ccccc1CCO. The fourth-order valence-corrected chi connectivity index (χ4v) is 2.07. The van der Waals surface area contributed by atoms with Gasteiger partial charge in [0.1, 0.15) is 0 Å². The summed E-state index contributed by atoms with van der Waals surface area (Å²) in [5, 5.41) is 9.02. The number of rotatable bonds is 7. The Bertz CT molecular complexity index is 374. The number of esters is 1. The summed E-state index contributed by atoms with van der Waals surface area (Å²) in [7, 11) is 0. The maximum Gasteiger partial charge on any atom is 0.306 e. The van der Waals surface area contributed by atoms with Gasteiger partial charge < -0.3 is 9.84 Å². The van der Waals surface area contributed by atoms with Crippen molar-refractivity contribution >= 4 is 5.97 Å². The number of ether oxygens (including phenoxy) is 1. The Morgan fingerprint density at radius 3 is 2.61 bits per heavy atom. The molecule has 0 saturated heterocycles. The van der Waals surface area contributed by atoms with E-state index in [1.165, 1.54) is 5.56 Å².